The van der Waals surface area contributed by atoms with Gasteiger partial charge in [0.05, 0.1) is 0 Å². The van der Waals surface area contributed by atoms with Crippen molar-refractivity contribution < 1.29 is 19.1 Å². The first-order valence-electron chi connectivity index (χ1n) is 6.80. The molecule has 112 valence electrons. The van der Waals surface area contributed by atoms with Gasteiger partial charge in [0, 0.05) is 11.1 Å². The molecular formula is C18H16O4. The van der Waals surface area contributed by atoms with Crippen molar-refractivity contribution in [3.05, 3.63) is 71.8 Å². The first-order chi connectivity index (χ1) is 10.6. The van der Waals surface area contributed by atoms with E-state index in [2.05, 4.69) is 0 Å². The first kappa shape index (κ1) is 15.5. The topological polar surface area (TPSA) is 52.6 Å². The Bertz CT molecular complexity index is 626. The summed E-state index contributed by atoms with van der Waals surface area (Å²) in [5.41, 5.74) is 0.426. The zero-order valence-corrected chi connectivity index (χ0v) is 12.4. The Morgan fingerprint density at radius 2 is 0.955 bits per heavy atom. The van der Waals surface area contributed by atoms with E-state index in [9.17, 15) is 9.59 Å². The molecule has 0 aromatic heterocycles. The van der Waals surface area contributed by atoms with E-state index >= 15 is 0 Å². The van der Waals surface area contributed by atoms with Crippen molar-refractivity contribution in [2.75, 3.05) is 0 Å². The molecule has 0 bridgehead atoms. The van der Waals surface area contributed by atoms with Crippen molar-refractivity contribution >= 4 is 11.9 Å². The van der Waals surface area contributed by atoms with Crippen molar-refractivity contribution in [2.45, 2.75) is 13.8 Å². The van der Waals surface area contributed by atoms with Gasteiger partial charge in [-0.25, -0.2) is 9.59 Å². The number of benzene rings is 2. The van der Waals surface area contributed by atoms with E-state index in [1.165, 1.54) is 13.8 Å². The van der Waals surface area contributed by atoms with E-state index in [0.29, 0.717) is 11.5 Å². The number of esters is 2. The molecule has 22 heavy (non-hydrogen) atoms. The Kier molecular flexibility index (Phi) is 5.09. The van der Waals surface area contributed by atoms with E-state index in [0.717, 1.165) is 0 Å². The van der Waals surface area contributed by atoms with Crippen LogP contribution >= 0.6 is 0 Å². The minimum absolute atomic E-state index is 0.213. The van der Waals surface area contributed by atoms with Crippen LogP contribution in [0.25, 0.3) is 0 Å². The summed E-state index contributed by atoms with van der Waals surface area (Å²) in [5.74, 6) is -0.297. The molecule has 0 atom stereocenters. The summed E-state index contributed by atoms with van der Waals surface area (Å²) in [7, 11) is 0. The number of para-hydroxylation sites is 2. The average molecular weight is 296 g/mol. The second-order valence-electron chi connectivity index (χ2n) is 4.66. The maximum Gasteiger partial charge on any atom is 0.339 e. The summed E-state index contributed by atoms with van der Waals surface area (Å²) >= 11 is 0. The van der Waals surface area contributed by atoms with Crippen LogP contribution in [-0.2, 0) is 9.59 Å². The van der Waals surface area contributed by atoms with Gasteiger partial charge >= 0.3 is 11.9 Å². The Morgan fingerprint density at radius 1 is 0.636 bits per heavy atom. The summed E-state index contributed by atoms with van der Waals surface area (Å²) in [6, 6.07) is 17.4. The van der Waals surface area contributed by atoms with Crippen molar-refractivity contribution in [2.24, 2.45) is 0 Å². The van der Waals surface area contributed by atoms with E-state index in [4.69, 9.17) is 9.47 Å². The highest BCUT2D eigenvalue weighted by Gasteiger charge is 2.17. The van der Waals surface area contributed by atoms with Gasteiger partial charge in [0.1, 0.15) is 11.5 Å². The molecule has 0 saturated heterocycles. The van der Waals surface area contributed by atoms with Crippen molar-refractivity contribution in [1.82, 2.24) is 0 Å². The smallest absolute Gasteiger partial charge is 0.339 e. The lowest BCUT2D eigenvalue weighted by Crippen LogP contribution is -2.17. The molecule has 0 radical (unpaired) electrons. The molecule has 2 aromatic rings. The summed E-state index contributed by atoms with van der Waals surface area (Å²) in [6.07, 6.45) is 0. The van der Waals surface area contributed by atoms with Crippen molar-refractivity contribution in [3.8, 4) is 11.5 Å². The second kappa shape index (κ2) is 7.22. The quantitative estimate of drug-likeness (QED) is 0.492. The van der Waals surface area contributed by atoms with Crippen LogP contribution in [0.4, 0.5) is 0 Å². The fourth-order valence-corrected chi connectivity index (χ4v) is 1.65. The van der Waals surface area contributed by atoms with Gasteiger partial charge in [-0.15, -0.1) is 0 Å². The van der Waals surface area contributed by atoms with Crippen molar-refractivity contribution in [1.29, 1.82) is 0 Å². The fourth-order valence-electron chi connectivity index (χ4n) is 1.65. The lowest BCUT2D eigenvalue weighted by molar-refractivity contribution is -0.133. The molecule has 0 amide bonds. The largest absolute Gasteiger partial charge is 0.423 e. The first-order valence-corrected chi connectivity index (χ1v) is 6.80. The lowest BCUT2D eigenvalue weighted by Gasteiger charge is -2.08. The van der Waals surface area contributed by atoms with E-state index in [1.54, 1.807) is 48.5 Å². The highest BCUT2D eigenvalue weighted by Crippen LogP contribution is 2.15. The molecular weight excluding hydrogens is 280 g/mol. The van der Waals surface area contributed by atoms with Crippen molar-refractivity contribution in [3.63, 3.8) is 0 Å². The molecule has 0 aliphatic rings. The minimum Gasteiger partial charge on any atom is -0.423 e. The molecule has 0 saturated carbocycles. The van der Waals surface area contributed by atoms with Gasteiger partial charge in [0.15, 0.2) is 0 Å². The van der Waals surface area contributed by atoms with Crippen LogP contribution in [-0.4, -0.2) is 11.9 Å². The molecule has 0 aliphatic carbocycles. The van der Waals surface area contributed by atoms with Crippen LogP contribution in [0.2, 0.25) is 0 Å². The maximum absolute atomic E-state index is 12.0. The predicted octanol–water partition coefficient (Wildman–Crippen LogP) is 3.53. The third-order valence-electron chi connectivity index (χ3n) is 3.08. The van der Waals surface area contributed by atoms with E-state index in [1.807, 2.05) is 12.1 Å². The van der Waals surface area contributed by atoms with Crippen LogP contribution in [0.1, 0.15) is 13.8 Å². The number of hydrogen-bond donors (Lipinski definition) is 0. The highest BCUT2D eigenvalue weighted by atomic mass is 16.5. The highest BCUT2D eigenvalue weighted by molar-refractivity contribution is 6.00. The normalized spacial score (nSPS) is 11.4. The molecule has 0 spiro atoms. The maximum atomic E-state index is 12.0. The van der Waals surface area contributed by atoms with Gasteiger partial charge in [-0.05, 0) is 38.1 Å². The number of hydrogen-bond acceptors (Lipinski definition) is 4. The standard InChI is InChI=1S/C18H16O4/c1-13(17(19)21-15-9-5-3-6-10-15)14(2)18(20)22-16-11-7-4-8-12-16/h3-12H,1-2H3/b14-13+. The third-order valence-corrected chi connectivity index (χ3v) is 3.08. The molecule has 0 N–H and O–H groups in total. The molecule has 0 aliphatic heterocycles. The Morgan fingerprint density at radius 3 is 1.27 bits per heavy atom. The van der Waals surface area contributed by atoms with Crippen LogP contribution in [0, 0.1) is 0 Å². The summed E-state index contributed by atoms with van der Waals surface area (Å²) in [5, 5.41) is 0. The number of carbonyl (C=O) groups is 2. The van der Waals surface area contributed by atoms with Gasteiger partial charge in [-0.2, -0.15) is 0 Å². The van der Waals surface area contributed by atoms with Crippen LogP contribution < -0.4 is 9.47 Å². The molecule has 2 rings (SSSR count). The Labute approximate surface area is 129 Å². The third kappa shape index (κ3) is 4.06. The molecule has 4 nitrogen and oxygen atoms in total. The zero-order chi connectivity index (χ0) is 15.9. The Hall–Kier alpha value is -2.88. The lowest BCUT2D eigenvalue weighted by atomic mass is 10.1. The minimum atomic E-state index is -0.575. The Balaban J connectivity index is 2.07. The average Bonchev–Trinajstić information content (AvgIpc) is 2.55. The summed E-state index contributed by atoms with van der Waals surface area (Å²) in [6.45, 7) is 3.07. The summed E-state index contributed by atoms with van der Waals surface area (Å²) < 4.78 is 10.4. The SMILES string of the molecule is C/C(C(=O)Oc1ccccc1)=C(/C)C(=O)Oc1ccccc1. The number of rotatable bonds is 4. The zero-order valence-electron chi connectivity index (χ0n) is 12.4. The number of carbonyl (C=O) groups excluding carboxylic acids is 2. The predicted molar refractivity (Wildman–Crippen MR) is 82.5 cm³/mol. The molecule has 0 unspecified atom stereocenters. The van der Waals surface area contributed by atoms with Gasteiger partial charge in [0.2, 0.25) is 0 Å². The molecule has 0 fully saturated rings. The van der Waals surface area contributed by atoms with Crippen LogP contribution in [0.5, 0.6) is 11.5 Å². The summed E-state index contributed by atoms with van der Waals surface area (Å²) in [4.78, 5) is 24.0. The fraction of sp³-hybridized carbons (Fsp3) is 0.111. The molecule has 0 heterocycles. The van der Waals surface area contributed by atoms with Gasteiger partial charge in [-0.1, -0.05) is 36.4 Å². The molecule has 2 aromatic carbocycles. The van der Waals surface area contributed by atoms with Gasteiger partial charge in [0.25, 0.3) is 0 Å². The van der Waals surface area contributed by atoms with Crippen LogP contribution in [0.3, 0.4) is 0 Å². The van der Waals surface area contributed by atoms with E-state index < -0.39 is 11.9 Å². The van der Waals surface area contributed by atoms with Gasteiger partial charge in [-0.3, -0.25) is 0 Å². The van der Waals surface area contributed by atoms with Gasteiger partial charge < -0.3 is 9.47 Å². The monoisotopic (exact) mass is 296 g/mol. The van der Waals surface area contributed by atoms with E-state index in [-0.39, 0.29) is 11.1 Å². The van der Waals surface area contributed by atoms with Crippen LogP contribution in [0.15, 0.2) is 71.8 Å². The second-order valence-corrected chi connectivity index (χ2v) is 4.66. The molecule has 4 heteroatoms. The number of ether oxygens (including phenoxy) is 2.